The maximum atomic E-state index is 12.5. The number of carbonyl (C=O) groups excluding carboxylic acids is 2. The Hall–Kier alpha value is -3.35. The van der Waals surface area contributed by atoms with Crippen molar-refractivity contribution in [2.75, 3.05) is 6.61 Å². The molecule has 63 heavy (non-hydrogen) atoms. The van der Waals surface area contributed by atoms with E-state index in [-0.39, 0.29) is 18.4 Å². The molecule has 12 nitrogen and oxygen atoms in total. The summed E-state index contributed by atoms with van der Waals surface area (Å²) < 4.78 is 25.6. The van der Waals surface area contributed by atoms with Crippen molar-refractivity contribution in [3.63, 3.8) is 0 Å². The fourth-order valence-corrected chi connectivity index (χ4v) is 8.50. The van der Waals surface area contributed by atoms with Crippen molar-refractivity contribution in [1.29, 1.82) is 0 Å². The number of ether oxygens (including phenoxy) is 4. The van der Waals surface area contributed by atoms with E-state index in [2.05, 4.69) is 23.9 Å². The molecule has 358 valence electrons. The van der Waals surface area contributed by atoms with Gasteiger partial charge in [-0.2, -0.15) is 0 Å². The van der Waals surface area contributed by atoms with Crippen molar-refractivity contribution in [1.82, 2.24) is 14.8 Å². The summed E-state index contributed by atoms with van der Waals surface area (Å²) >= 11 is 0. The largest absolute Gasteiger partial charge is 0.481 e. The number of amides is 1. The third-order valence-electron chi connectivity index (χ3n) is 12.3. The van der Waals surface area contributed by atoms with Gasteiger partial charge in [-0.1, -0.05) is 224 Å². The molecule has 0 saturated carbocycles. The van der Waals surface area contributed by atoms with Gasteiger partial charge in [0.15, 0.2) is 12.5 Å². The fourth-order valence-electron chi connectivity index (χ4n) is 8.50. The van der Waals surface area contributed by atoms with E-state index < -0.39 is 42.7 Å². The molecule has 0 spiro atoms. The topological polar surface area (TPSA) is 165 Å². The van der Waals surface area contributed by atoms with E-state index in [1.165, 1.54) is 172 Å². The van der Waals surface area contributed by atoms with E-state index in [0.717, 1.165) is 37.7 Å². The molecule has 2 saturated heterocycles. The van der Waals surface area contributed by atoms with Gasteiger partial charge in [0.2, 0.25) is 5.82 Å². The Balaban J connectivity index is 0.000000446. The van der Waals surface area contributed by atoms with Gasteiger partial charge in [0, 0.05) is 18.4 Å². The van der Waals surface area contributed by atoms with Crippen LogP contribution in [0.25, 0.3) is 0 Å². The van der Waals surface area contributed by atoms with Crippen LogP contribution in [-0.4, -0.2) is 62.6 Å². The number of aliphatic carboxylic acids is 1. The second kappa shape index (κ2) is 35.0. The maximum Gasteiger partial charge on any atom is 0.305 e. The standard InChI is InChI=1S/C33H50N4O6.C18H36O2/c1-2-3-4-5-6-7-8-9-10-11-12-13-14-15-19-22-27(38)40-23-26-28-29(43-33(42-28)25-20-17-16-18-21-25)32(41-26)37-24-35-31(36-37)30(34)39;1-2-3-4-5-6-7-8-9-10-11-12-13-14-15-16-17-18(19)20/h16-18,20-21,24,26,28-29,32-33H,2-15,19,22-23H2,1H3,(H2,34,39);2-17H2,1H3,(H,19,20)/t26-,28?,29-,32-,33?;/m1./s1. The summed E-state index contributed by atoms with van der Waals surface area (Å²) in [5.41, 5.74) is 6.19. The third kappa shape index (κ3) is 24.0. The van der Waals surface area contributed by atoms with Crippen molar-refractivity contribution < 1.29 is 38.4 Å². The van der Waals surface area contributed by atoms with Gasteiger partial charge in [0.1, 0.15) is 31.2 Å². The maximum absolute atomic E-state index is 12.5. The van der Waals surface area contributed by atoms with Gasteiger partial charge >= 0.3 is 11.9 Å². The lowest BCUT2D eigenvalue weighted by molar-refractivity contribution is -0.168. The first-order valence-electron chi connectivity index (χ1n) is 25.4. The molecule has 2 aromatic rings. The van der Waals surface area contributed by atoms with Crippen molar-refractivity contribution >= 4 is 17.8 Å². The highest BCUT2D eigenvalue weighted by Crippen LogP contribution is 2.44. The number of carboxylic acid groups (broad SMARTS) is 1. The molecule has 2 aliphatic rings. The van der Waals surface area contributed by atoms with E-state index in [1.54, 1.807) is 0 Å². The molecule has 2 aliphatic heterocycles. The lowest BCUT2D eigenvalue weighted by atomic mass is 10.0. The predicted molar refractivity (Wildman–Crippen MR) is 249 cm³/mol. The van der Waals surface area contributed by atoms with Crippen LogP contribution in [0, 0.1) is 0 Å². The zero-order chi connectivity index (χ0) is 45.2. The predicted octanol–water partition coefficient (Wildman–Crippen LogP) is 12.9. The van der Waals surface area contributed by atoms with Crippen LogP contribution in [0.1, 0.15) is 248 Å². The quantitative estimate of drug-likeness (QED) is 0.0493. The van der Waals surface area contributed by atoms with Crippen LogP contribution in [0.3, 0.4) is 0 Å². The van der Waals surface area contributed by atoms with Gasteiger partial charge in [0.05, 0.1) is 0 Å². The van der Waals surface area contributed by atoms with Gasteiger partial charge < -0.3 is 29.8 Å². The Morgan fingerprint density at radius 3 is 1.46 bits per heavy atom. The summed E-state index contributed by atoms with van der Waals surface area (Å²) in [4.78, 5) is 38.3. The third-order valence-corrected chi connectivity index (χ3v) is 12.3. The number of nitrogens with zero attached hydrogens (tertiary/aromatic N) is 3. The summed E-state index contributed by atoms with van der Waals surface area (Å²) in [6.07, 6.45) is 38.3. The van der Waals surface area contributed by atoms with E-state index in [0.29, 0.717) is 12.8 Å². The van der Waals surface area contributed by atoms with Crippen molar-refractivity contribution in [3.8, 4) is 0 Å². The van der Waals surface area contributed by atoms with Gasteiger partial charge in [-0.05, 0) is 12.8 Å². The van der Waals surface area contributed by atoms with Crippen molar-refractivity contribution in [2.24, 2.45) is 5.73 Å². The minimum atomic E-state index is -0.733. The first kappa shape index (κ1) is 54.0. The molecular weight excluding hydrogens is 797 g/mol. The zero-order valence-electron chi connectivity index (χ0n) is 39.4. The number of aromatic nitrogens is 3. The Morgan fingerprint density at radius 2 is 1.03 bits per heavy atom. The molecule has 3 N–H and O–H groups in total. The van der Waals surface area contributed by atoms with Crippen LogP contribution in [0.4, 0.5) is 0 Å². The number of benzene rings is 1. The average molecular weight is 883 g/mol. The highest BCUT2D eigenvalue weighted by Gasteiger charge is 2.54. The summed E-state index contributed by atoms with van der Waals surface area (Å²) in [6.45, 7) is 4.57. The van der Waals surface area contributed by atoms with Crippen LogP contribution in [0.5, 0.6) is 0 Å². The Kier molecular flexibility index (Phi) is 30.0. The molecule has 2 fully saturated rings. The number of primary amides is 1. The number of unbranched alkanes of at least 4 members (excludes halogenated alkanes) is 28. The van der Waals surface area contributed by atoms with Crippen LogP contribution >= 0.6 is 0 Å². The molecule has 0 bridgehead atoms. The molecule has 4 rings (SSSR count). The van der Waals surface area contributed by atoms with Gasteiger partial charge in [0.25, 0.3) is 5.91 Å². The van der Waals surface area contributed by atoms with E-state index in [1.807, 2.05) is 30.3 Å². The molecule has 0 aliphatic carbocycles. The number of hydrogen-bond acceptors (Lipinski definition) is 9. The van der Waals surface area contributed by atoms with Crippen LogP contribution in [-0.2, 0) is 28.5 Å². The van der Waals surface area contributed by atoms with E-state index in [4.69, 9.17) is 29.8 Å². The normalized spacial score (nSPS) is 19.1. The molecule has 1 aromatic carbocycles. The molecule has 2 unspecified atom stereocenters. The molecule has 0 radical (unpaired) electrons. The summed E-state index contributed by atoms with van der Waals surface area (Å²) in [7, 11) is 0. The summed E-state index contributed by atoms with van der Waals surface area (Å²) in [5, 5.41) is 12.7. The Labute approximate surface area is 380 Å². The minimum Gasteiger partial charge on any atom is -0.481 e. The summed E-state index contributed by atoms with van der Waals surface area (Å²) in [6, 6.07) is 9.60. The van der Waals surface area contributed by atoms with Crippen LogP contribution < -0.4 is 5.73 Å². The highest BCUT2D eigenvalue weighted by molar-refractivity contribution is 5.88. The minimum absolute atomic E-state index is 0.0392. The molecule has 1 amide bonds. The molecule has 1 aromatic heterocycles. The van der Waals surface area contributed by atoms with Gasteiger partial charge in [-0.15, -0.1) is 5.10 Å². The Bertz CT molecular complexity index is 1460. The zero-order valence-corrected chi connectivity index (χ0v) is 39.4. The average Bonchev–Trinajstić information content (AvgIpc) is 4.03. The van der Waals surface area contributed by atoms with Gasteiger partial charge in [-0.25, -0.2) is 9.67 Å². The number of fused-ring (bicyclic) bond motifs is 1. The lowest BCUT2D eigenvalue weighted by Crippen LogP contribution is -2.32. The van der Waals surface area contributed by atoms with Crippen molar-refractivity contribution in [3.05, 3.63) is 48.0 Å². The SMILES string of the molecule is CCCCCCCCCCCCCCCCCC(=O)O.CCCCCCCCCCCCCCCCCC(=O)OC[C@H]1O[C@@H](n2cnc(C(N)=O)n2)[C@@H]2OC(c3ccccc3)OC21. The molecule has 3 heterocycles. The monoisotopic (exact) mass is 883 g/mol. The second-order valence-corrected chi connectivity index (χ2v) is 17.9. The van der Waals surface area contributed by atoms with Crippen molar-refractivity contribution in [2.45, 2.75) is 250 Å². The van der Waals surface area contributed by atoms with Gasteiger partial charge in [-0.3, -0.25) is 14.4 Å². The number of rotatable bonds is 37. The fraction of sp³-hybridized carbons (Fsp3) is 0.784. The molecular formula is C51H86N4O8. The van der Waals surface area contributed by atoms with Crippen LogP contribution in [0.15, 0.2) is 36.7 Å². The first-order chi connectivity index (χ1) is 30.8. The molecule has 12 heteroatoms. The number of carbonyl (C=O) groups is 3. The highest BCUT2D eigenvalue weighted by atomic mass is 16.8. The Morgan fingerprint density at radius 1 is 0.603 bits per heavy atom. The number of carboxylic acids is 1. The molecule has 5 atom stereocenters. The number of nitrogens with two attached hydrogens (primary N) is 1. The summed E-state index contributed by atoms with van der Waals surface area (Å²) in [5.74, 6) is -1.74. The lowest BCUT2D eigenvalue weighted by Gasteiger charge is -2.20. The number of hydrogen-bond donors (Lipinski definition) is 2. The smallest absolute Gasteiger partial charge is 0.305 e. The van der Waals surface area contributed by atoms with E-state index in [9.17, 15) is 14.4 Å². The first-order valence-corrected chi connectivity index (χ1v) is 25.4. The van der Waals surface area contributed by atoms with Crippen LogP contribution in [0.2, 0.25) is 0 Å². The van der Waals surface area contributed by atoms with E-state index >= 15 is 0 Å². The second-order valence-electron chi connectivity index (χ2n) is 17.9. The number of esters is 1.